The molecule has 0 bridgehead atoms. The fourth-order valence-corrected chi connectivity index (χ4v) is 2.78. The zero-order valence-electron chi connectivity index (χ0n) is 14.5. The topological polar surface area (TPSA) is 56.5 Å². The van der Waals surface area contributed by atoms with Gasteiger partial charge in [0.15, 0.2) is 6.10 Å². The highest BCUT2D eigenvalue weighted by molar-refractivity contribution is 6.02. The van der Waals surface area contributed by atoms with E-state index in [1.165, 1.54) is 0 Å². The van der Waals surface area contributed by atoms with E-state index in [4.69, 9.17) is 9.15 Å². The summed E-state index contributed by atoms with van der Waals surface area (Å²) in [6.07, 6.45) is 0.0252. The van der Waals surface area contributed by atoms with Gasteiger partial charge in [0.25, 0.3) is 0 Å². The lowest BCUT2D eigenvalue weighted by Crippen LogP contribution is -2.24. The summed E-state index contributed by atoms with van der Waals surface area (Å²) in [6.45, 7) is 5.43. The van der Waals surface area contributed by atoms with Crippen LogP contribution >= 0.6 is 0 Å². The van der Waals surface area contributed by atoms with E-state index in [0.717, 1.165) is 17.4 Å². The van der Waals surface area contributed by atoms with Gasteiger partial charge in [-0.05, 0) is 31.9 Å². The summed E-state index contributed by atoms with van der Waals surface area (Å²) in [4.78, 5) is 24.9. The first-order valence-corrected chi connectivity index (χ1v) is 8.33. The fourth-order valence-electron chi connectivity index (χ4n) is 2.78. The Hall–Kier alpha value is -2.88. The van der Waals surface area contributed by atoms with E-state index in [9.17, 15) is 9.59 Å². The predicted molar refractivity (Wildman–Crippen MR) is 96.0 cm³/mol. The minimum absolute atomic E-state index is 0.141. The van der Waals surface area contributed by atoms with Crippen LogP contribution in [0.5, 0.6) is 0 Å². The Balaban J connectivity index is 1.76. The molecule has 0 amide bonds. The molecule has 1 heterocycles. The molecule has 0 radical (unpaired) electrons. The summed E-state index contributed by atoms with van der Waals surface area (Å²) in [5.41, 5.74) is 3.02. The number of ketones is 1. The fraction of sp³-hybridized carbons (Fsp3) is 0.238. The minimum Gasteiger partial charge on any atom is -0.449 e. The van der Waals surface area contributed by atoms with Crippen LogP contribution in [0, 0.1) is 6.92 Å². The monoisotopic (exact) mass is 336 g/mol. The van der Waals surface area contributed by atoms with Crippen LogP contribution in [0.2, 0.25) is 0 Å². The number of rotatable bonds is 5. The smallest absolute Gasteiger partial charge is 0.375 e. The van der Waals surface area contributed by atoms with Crippen LogP contribution in [0.3, 0.4) is 0 Å². The van der Waals surface area contributed by atoms with Crippen molar-refractivity contribution in [1.82, 2.24) is 0 Å². The third-order valence-corrected chi connectivity index (χ3v) is 4.33. The largest absolute Gasteiger partial charge is 0.449 e. The summed E-state index contributed by atoms with van der Waals surface area (Å²) in [5.74, 6) is -0.716. The zero-order valence-corrected chi connectivity index (χ0v) is 14.5. The van der Waals surface area contributed by atoms with Gasteiger partial charge < -0.3 is 9.15 Å². The second-order valence-corrected chi connectivity index (χ2v) is 6.01. The van der Waals surface area contributed by atoms with Crippen molar-refractivity contribution in [2.45, 2.75) is 33.3 Å². The molecule has 2 aromatic carbocycles. The second-order valence-electron chi connectivity index (χ2n) is 6.01. The molecule has 25 heavy (non-hydrogen) atoms. The van der Waals surface area contributed by atoms with Crippen LogP contribution in [-0.4, -0.2) is 17.9 Å². The molecular formula is C21H20O4. The number of hydrogen-bond acceptors (Lipinski definition) is 4. The molecule has 0 N–H and O–H groups in total. The number of Topliss-reactive ketones (excluding diaryl/α,β-unsaturated/α-hetero) is 1. The normalized spacial score (nSPS) is 12.1. The second kappa shape index (κ2) is 6.93. The summed E-state index contributed by atoms with van der Waals surface area (Å²) < 4.78 is 10.9. The minimum atomic E-state index is -0.882. The van der Waals surface area contributed by atoms with Crippen LogP contribution in [-0.2, 0) is 11.2 Å². The van der Waals surface area contributed by atoms with Crippen LogP contribution in [0.1, 0.15) is 45.9 Å². The molecule has 0 saturated carbocycles. The van der Waals surface area contributed by atoms with Crippen LogP contribution < -0.4 is 0 Å². The SMILES string of the molecule is CCc1ccc(C(=O)[C@H](C)OC(=O)c2oc3ccccc3c2C)cc1. The summed E-state index contributed by atoms with van der Waals surface area (Å²) in [5, 5.41) is 0.864. The Labute approximate surface area is 146 Å². The van der Waals surface area contributed by atoms with Crippen molar-refractivity contribution in [2.75, 3.05) is 0 Å². The molecule has 0 aliphatic rings. The Morgan fingerprint density at radius 1 is 1.08 bits per heavy atom. The van der Waals surface area contributed by atoms with Crippen LogP contribution in [0.4, 0.5) is 0 Å². The molecule has 128 valence electrons. The van der Waals surface area contributed by atoms with Crippen molar-refractivity contribution >= 4 is 22.7 Å². The summed E-state index contributed by atoms with van der Waals surface area (Å²) >= 11 is 0. The predicted octanol–water partition coefficient (Wildman–Crippen LogP) is 4.73. The van der Waals surface area contributed by atoms with E-state index in [-0.39, 0.29) is 11.5 Å². The lowest BCUT2D eigenvalue weighted by atomic mass is 10.0. The quantitative estimate of drug-likeness (QED) is 0.499. The number of hydrogen-bond donors (Lipinski definition) is 0. The Bertz CT molecular complexity index is 919. The van der Waals surface area contributed by atoms with E-state index in [0.29, 0.717) is 16.7 Å². The van der Waals surface area contributed by atoms with E-state index in [1.54, 1.807) is 32.0 Å². The van der Waals surface area contributed by atoms with Crippen molar-refractivity contribution in [3.05, 3.63) is 71.0 Å². The van der Waals surface area contributed by atoms with Crippen molar-refractivity contribution < 1.29 is 18.7 Å². The molecule has 0 spiro atoms. The first-order chi connectivity index (χ1) is 12.0. The molecule has 1 aromatic heterocycles. The van der Waals surface area contributed by atoms with Crippen molar-refractivity contribution in [2.24, 2.45) is 0 Å². The maximum atomic E-state index is 12.5. The number of para-hydroxylation sites is 1. The molecule has 0 aliphatic carbocycles. The average Bonchev–Trinajstić information content (AvgIpc) is 2.98. The molecular weight excluding hydrogens is 316 g/mol. The number of ether oxygens (including phenoxy) is 1. The molecule has 0 unspecified atom stereocenters. The van der Waals surface area contributed by atoms with Crippen molar-refractivity contribution in [1.29, 1.82) is 0 Å². The first-order valence-electron chi connectivity index (χ1n) is 8.33. The van der Waals surface area contributed by atoms with E-state index in [2.05, 4.69) is 6.92 Å². The maximum absolute atomic E-state index is 12.5. The average molecular weight is 336 g/mol. The Kier molecular flexibility index (Phi) is 4.70. The molecule has 3 aromatic rings. The van der Waals surface area contributed by atoms with Gasteiger partial charge >= 0.3 is 5.97 Å². The molecule has 0 fully saturated rings. The van der Waals surface area contributed by atoms with Gasteiger partial charge in [0, 0.05) is 16.5 Å². The molecule has 3 rings (SSSR count). The third kappa shape index (κ3) is 3.33. The van der Waals surface area contributed by atoms with Crippen molar-refractivity contribution in [3.63, 3.8) is 0 Å². The number of furan rings is 1. The Morgan fingerprint density at radius 3 is 2.40 bits per heavy atom. The zero-order chi connectivity index (χ0) is 18.0. The number of aryl methyl sites for hydroxylation is 2. The van der Waals surface area contributed by atoms with Gasteiger partial charge in [-0.1, -0.05) is 49.4 Å². The number of carbonyl (C=O) groups is 2. The number of benzene rings is 2. The van der Waals surface area contributed by atoms with Crippen molar-refractivity contribution in [3.8, 4) is 0 Å². The highest BCUT2D eigenvalue weighted by atomic mass is 16.6. The molecule has 4 nitrogen and oxygen atoms in total. The van der Waals surface area contributed by atoms with Gasteiger partial charge in [0.05, 0.1) is 0 Å². The van der Waals surface area contributed by atoms with Gasteiger partial charge in [-0.2, -0.15) is 0 Å². The van der Waals surface area contributed by atoms with Gasteiger partial charge in [-0.3, -0.25) is 4.79 Å². The highest BCUT2D eigenvalue weighted by Gasteiger charge is 2.24. The highest BCUT2D eigenvalue weighted by Crippen LogP contribution is 2.26. The lowest BCUT2D eigenvalue weighted by Gasteiger charge is -2.12. The van der Waals surface area contributed by atoms with Gasteiger partial charge in [-0.25, -0.2) is 4.79 Å². The number of carbonyl (C=O) groups excluding carboxylic acids is 2. The van der Waals surface area contributed by atoms with Gasteiger partial charge in [-0.15, -0.1) is 0 Å². The third-order valence-electron chi connectivity index (χ3n) is 4.33. The molecule has 1 atom stereocenters. The van der Waals surface area contributed by atoms with Crippen LogP contribution in [0.25, 0.3) is 11.0 Å². The van der Waals surface area contributed by atoms with E-state index in [1.807, 2.05) is 30.3 Å². The molecule has 4 heteroatoms. The lowest BCUT2D eigenvalue weighted by molar-refractivity contribution is 0.0290. The van der Waals surface area contributed by atoms with E-state index < -0.39 is 12.1 Å². The van der Waals surface area contributed by atoms with Crippen LogP contribution in [0.15, 0.2) is 52.9 Å². The summed E-state index contributed by atoms with van der Waals surface area (Å²) in [7, 11) is 0. The summed E-state index contributed by atoms with van der Waals surface area (Å²) in [6, 6.07) is 14.7. The molecule has 0 saturated heterocycles. The maximum Gasteiger partial charge on any atom is 0.375 e. The van der Waals surface area contributed by atoms with Gasteiger partial charge in [0.1, 0.15) is 5.58 Å². The first kappa shape index (κ1) is 17.0. The molecule has 0 aliphatic heterocycles. The number of fused-ring (bicyclic) bond motifs is 1. The standard InChI is InChI=1S/C21H20O4/c1-4-15-9-11-16(12-10-15)19(22)14(3)24-21(23)20-13(2)17-7-5-6-8-18(17)25-20/h5-12,14H,4H2,1-3H3/t14-/m0/s1. The van der Waals surface area contributed by atoms with Gasteiger partial charge in [0.2, 0.25) is 11.5 Å². The number of esters is 1. The Morgan fingerprint density at radius 2 is 1.76 bits per heavy atom. The van der Waals surface area contributed by atoms with E-state index >= 15 is 0 Å².